The largest absolute Gasteiger partial charge is 0.372 e. The molecule has 1 aromatic carbocycles. The third-order valence-corrected chi connectivity index (χ3v) is 5.21. The Balaban J connectivity index is 1.85. The van der Waals surface area contributed by atoms with Gasteiger partial charge < -0.3 is 9.47 Å². The van der Waals surface area contributed by atoms with Crippen LogP contribution in [-0.2, 0) is 7.05 Å². The highest BCUT2D eigenvalue weighted by Crippen LogP contribution is 2.29. The molecule has 0 aliphatic heterocycles. The van der Waals surface area contributed by atoms with Crippen LogP contribution in [0.15, 0.2) is 59.7 Å². The van der Waals surface area contributed by atoms with Crippen LogP contribution in [0.1, 0.15) is 13.8 Å². The van der Waals surface area contributed by atoms with Crippen molar-refractivity contribution >= 4 is 16.6 Å². The molecule has 0 saturated carbocycles. The molecule has 0 spiro atoms. The second-order valence-corrected chi connectivity index (χ2v) is 6.74. The highest BCUT2D eigenvalue weighted by Gasteiger charge is 2.14. The zero-order chi connectivity index (χ0) is 19.7. The Hall–Kier alpha value is -3.41. The van der Waals surface area contributed by atoms with Gasteiger partial charge in [-0.05, 0) is 50.2 Å². The molecule has 0 bridgehead atoms. The number of benzene rings is 1. The zero-order valence-electron chi connectivity index (χ0n) is 16.3. The van der Waals surface area contributed by atoms with Gasteiger partial charge >= 0.3 is 0 Å². The van der Waals surface area contributed by atoms with E-state index >= 15 is 0 Å². The zero-order valence-corrected chi connectivity index (χ0v) is 16.3. The van der Waals surface area contributed by atoms with Crippen molar-refractivity contribution in [3.63, 3.8) is 0 Å². The molecule has 6 heteroatoms. The van der Waals surface area contributed by atoms with Crippen molar-refractivity contribution in [3.05, 3.63) is 65.2 Å². The van der Waals surface area contributed by atoms with Crippen LogP contribution in [0.25, 0.3) is 33.4 Å². The summed E-state index contributed by atoms with van der Waals surface area (Å²) < 4.78 is 2.07. The fourth-order valence-corrected chi connectivity index (χ4v) is 3.63. The van der Waals surface area contributed by atoms with Gasteiger partial charge in [0.15, 0.2) is 0 Å². The summed E-state index contributed by atoms with van der Waals surface area (Å²) in [5.41, 5.74) is 5.18. The van der Waals surface area contributed by atoms with E-state index in [2.05, 4.69) is 62.8 Å². The van der Waals surface area contributed by atoms with Crippen LogP contribution in [0, 0.1) is 0 Å². The average molecular weight is 373 g/mol. The van der Waals surface area contributed by atoms with E-state index in [1.54, 1.807) is 12.4 Å². The highest BCUT2D eigenvalue weighted by molar-refractivity contribution is 5.89. The summed E-state index contributed by atoms with van der Waals surface area (Å²) in [6, 6.07) is 14.1. The molecule has 3 aromatic heterocycles. The molecule has 0 atom stereocenters. The molecule has 3 heterocycles. The molecule has 142 valence electrons. The number of fused-ring (bicyclic) bond motifs is 1. The number of hydrogen-bond acceptors (Lipinski definition) is 4. The topological polar surface area (TPSA) is 66.8 Å². The molecule has 4 rings (SSSR count). The number of anilines is 1. The maximum atomic E-state index is 12.5. The molecular formula is C22H23N5O. The highest BCUT2D eigenvalue weighted by atomic mass is 16.1. The Bertz CT molecular complexity index is 1170. The summed E-state index contributed by atoms with van der Waals surface area (Å²) in [5.74, 6) is 0. The number of H-pyrrole nitrogens is 1. The lowest BCUT2D eigenvalue weighted by Crippen LogP contribution is -2.21. The van der Waals surface area contributed by atoms with Gasteiger partial charge in [0.1, 0.15) is 0 Å². The van der Waals surface area contributed by atoms with Gasteiger partial charge in [0, 0.05) is 49.2 Å². The summed E-state index contributed by atoms with van der Waals surface area (Å²) in [7, 11) is 2.00. The Kier molecular flexibility index (Phi) is 4.69. The van der Waals surface area contributed by atoms with Crippen molar-refractivity contribution in [2.24, 2.45) is 7.05 Å². The summed E-state index contributed by atoms with van der Waals surface area (Å²) in [5, 5.41) is 7.94. The standard InChI is InChI=1S/C22H23N5O/c1-4-27(5-2)17-7-6-16-12-21(26(3)20(16)13-17)18-14-19(24-25-22(18)28)15-8-10-23-11-9-15/h6-14H,4-5H2,1-3H3,(H,25,28). The minimum absolute atomic E-state index is 0.201. The van der Waals surface area contributed by atoms with E-state index in [1.807, 2.05) is 25.2 Å². The summed E-state index contributed by atoms with van der Waals surface area (Å²) >= 11 is 0. The normalized spacial score (nSPS) is 11.1. The van der Waals surface area contributed by atoms with E-state index in [0.29, 0.717) is 11.3 Å². The number of aromatic amines is 1. The molecule has 1 N–H and O–H groups in total. The molecule has 0 fully saturated rings. The molecule has 0 radical (unpaired) electrons. The van der Waals surface area contributed by atoms with Gasteiger partial charge in [-0.15, -0.1) is 0 Å². The number of aryl methyl sites for hydroxylation is 1. The number of rotatable bonds is 5. The Morgan fingerprint density at radius 1 is 1.04 bits per heavy atom. The fraction of sp³-hybridized carbons (Fsp3) is 0.227. The number of nitrogens with one attached hydrogen (secondary N) is 1. The maximum absolute atomic E-state index is 12.5. The van der Waals surface area contributed by atoms with Crippen molar-refractivity contribution in [3.8, 4) is 22.5 Å². The van der Waals surface area contributed by atoms with Crippen LogP contribution in [0.3, 0.4) is 0 Å². The molecular weight excluding hydrogens is 350 g/mol. The molecule has 6 nitrogen and oxygen atoms in total. The van der Waals surface area contributed by atoms with Gasteiger partial charge in [-0.2, -0.15) is 5.10 Å². The lowest BCUT2D eigenvalue weighted by molar-refractivity contribution is 0.866. The van der Waals surface area contributed by atoms with E-state index in [9.17, 15) is 4.79 Å². The third kappa shape index (κ3) is 3.07. The first-order chi connectivity index (χ1) is 13.6. The van der Waals surface area contributed by atoms with E-state index in [-0.39, 0.29) is 5.56 Å². The predicted octanol–water partition coefficient (Wildman–Crippen LogP) is 3.84. The van der Waals surface area contributed by atoms with Crippen LogP contribution in [0.5, 0.6) is 0 Å². The summed E-state index contributed by atoms with van der Waals surface area (Å²) in [6.45, 7) is 6.22. The van der Waals surface area contributed by atoms with E-state index < -0.39 is 0 Å². The molecule has 0 amide bonds. The van der Waals surface area contributed by atoms with Gasteiger partial charge in [-0.3, -0.25) is 9.78 Å². The van der Waals surface area contributed by atoms with Gasteiger partial charge in [0.2, 0.25) is 0 Å². The fourth-order valence-electron chi connectivity index (χ4n) is 3.63. The molecule has 0 aliphatic carbocycles. The first-order valence-corrected chi connectivity index (χ1v) is 9.47. The predicted molar refractivity (Wildman–Crippen MR) is 114 cm³/mol. The quantitative estimate of drug-likeness (QED) is 0.577. The van der Waals surface area contributed by atoms with Crippen molar-refractivity contribution < 1.29 is 0 Å². The first kappa shape index (κ1) is 18.0. The summed E-state index contributed by atoms with van der Waals surface area (Å²) in [6.07, 6.45) is 3.43. The Labute approximate surface area is 163 Å². The lowest BCUT2D eigenvalue weighted by Gasteiger charge is -2.21. The van der Waals surface area contributed by atoms with Crippen molar-refractivity contribution in [1.82, 2.24) is 19.7 Å². The SMILES string of the molecule is CCN(CC)c1ccc2cc(-c3cc(-c4ccncc4)n[nH]c3=O)n(C)c2c1. The van der Waals surface area contributed by atoms with Crippen LogP contribution in [0.2, 0.25) is 0 Å². The van der Waals surface area contributed by atoms with Crippen molar-refractivity contribution in [2.45, 2.75) is 13.8 Å². The van der Waals surface area contributed by atoms with E-state index in [1.165, 1.54) is 5.69 Å². The van der Waals surface area contributed by atoms with Gasteiger partial charge in [0.05, 0.1) is 22.5 Å². The molecule has 0 unspecified atom stereocenters. The van der Waals surface area contributed by atoms with Crippen LogP contribution in [0.4, 0.5) is 5.69 Å². The summed E-state index contributed by atoms with van der Waals surface area (Å²) in [4.78, 5) is 18.9. The second-order valence-electron chi connectivity index (χ2n) is 6.74. The van der Waals surface area contributed by atoms with E-state index in [4.69, 9.17) is 0 Å². The molecule has 4 aromatic rings. The number of nitrogens with zero attached hydrogens (tertiary/aromatic N) is 4. The van der Waals surface area contributed by atoms with Crippen molar-refractivity contribution in [2.75, 3.05) is 18.0 Å². The number of hydrogen-bond donors (Lipinski definition) is 1. The van der Waals surface area contributed by atoms with Gasteiger partial charge in [-0.1, -0.05) is 6.07 Å². The van der Waals surface area contributed by atoms with Crippen LogP contribution in [-0.4, -0.2) is 32.8 Å². The van der Waals surface area contributed by atoms with Gasteiger partial charge in [0.25, 0.3) is 5.56 Å². The number of aromatic nitrogens is 4. The lowest BCUT2D eigenvalue weighted by atomic mass is 10.1. The minimum atomic E-state index is -0.201. The van der Waals surface area contributed by atoms with E-state index in [0.717, 1.165) is 35.2 Å². The molecule has 0 aliphatic rings. The monoisotopic (exact) mass is 373 g/mol. The minimum Gasteiger partial charge on any atom is -0.372 e. The Morgan fingerprint density at radius 3 is 2.50 bits per heavy atom. The molecule has 0 saturated heterocycles. The first-order valence-electron chi connectivity index (χ1n) is 9.47. The third-order valence-electron chi connectivity index (χ3n) is 5.21. The van der Waals surface area contributed by atoms with Gasteiger partial charge in [-0.25, -0.2) is 5.10 Å². The van der Waals surface area contributed by atoms with Crippen molar-refractivity contribution in [1.29, 1.82) is 0 Å². The molecule has 28 heavy (non-hydrogen) atoms. The van der Waals surface area contributed by atoms with Crippen LogP contribution < -0.4 is 10.5 Å². The Morgan fingerprint density at radius 2 is 1.79 bits per heavy atom. The number of pyridine rings is 1. The maximum Gasteiger partial charge on any atom is 0.273 e. The average Bonchev–Trinajstić information content (AvgIpc) is 3.06. The second kappa shape index (κ2) is 7.31. The van der Waals surface area contributed by atoms with Crippen LogP contribution >= 0.6 is 0 Å². The smallest absolute Gasteiger partial charge is 0.273 e.